The van der Waals surface area contributed by atoms with Crippen molar-refractivity contribution < 1.29 is 5.11 Å². The van der Waals surface area contributed by atoms with E-state index in [0.717, 1.165) is 16.3 Å². The maximum absolute atomic E-state index is 13.2. The molecule has 0 atom stereocenters. The summed E-state index contributed by atoms with van der Waals surface area (Å²) in [4.78, 5) is 13.2. The van der Waals surface area contributed by atoms with E-state index in [-0.39, 0.29) is 11.3 Å². The van der Waals surface area contributed by atoms with Crippen molar-refractivity contribution in [2.75, 3.05) is 0 Å². The summed E-state index contributed by atoms with van der Waals surface area (Å²) in [6, 6.07) is 13.2. The average molecular weight is 331 g/mol. The number of benzene rings is 2. The van der Waals surface area contributed by atoms with Crippen molar-refractivity contribution in [1.29, 1.82) is 0 Å². The fourth-order valence-corrected chi connectivity index (χ4v) is 3.58. The number of pyridine rings is 1. The van der Waals surface area contributed by atoms with Gasteiger partial charge in [0.25, 0.3) is 5.56 Å². The number of aromatic hydroxyl groups is 1. The highest BCUT2D eigenvalue weighted by atomic mass is 16.3. The molecular weight excluding hydrogens is 314 g/mol. The monoisotopic (exact) mass is 331 g/mol. The van der Waals surface area contributed by atoms with Crippen LogP contribution in [0.5, 0.6) is 5.75 Å². The molecule has 1 saturated carbocycles. The second-order valence-corrected chi connectivity index (χ2v) is 6.78. The van der Waals surface area contributed by atoms with Crippen molar-refractivity contribution in [2.24, 2.45) is 7.05 Å². The minimum atomic E-state index is -0.165. The van der Waals surface area contributed by atoms with Crippen LogP contribution >= 0.6 is 0 Å². The van der Waals surface area contributed by atoms with Crippen LogP contribution in [0.4, 0.5) is 0 Å². The summed E-state index contributed by atoms with van der Waals surface area (Å²) in [5.74, 6) is 0.735. The molecule has 2 aromatic carbocycles. The molecule has 2 aromatic heterocycles. The molecule has 5 nitrogen and oxygen atoms in total. The van der Waals surface area contributed by atoms with Gasteiger partial charge in [-0.3, -0.25) is 14.0 Å². The summed E-state index contributed by atoms with van der Waals surface area (Å²) in [5.41, 5.74) is 3.05. The van der Waals surface area contributed by atoms with E-state index in [4.69, 9.17) is 0 Å². The topological polar surface area (TPSA) is 60.0 Å². The molecule has 4 aromatic rings. The number of fused-ring (bicyclic) bond motifs is 3. The molecule has 0 unspecified atom stereocenters. The van der Waals surface area contributed by atoms with Gasteiger partial charge in [-0.2, -0.15) is 5.10 Å². The summed E-state index contributed by atoms with van der Waals surface area (Å²) < 4.78 is 3.34. The number of aryl methyl sites for hydroxylation is 1. The quantitative estimate of drug-likeness (QED) is 0.612. The van der Waals surface area contributed by atoms with Crippen LogP contribution in [-0.4, -0.2) is 19.5 Å². The SMILES string of the molecule is Cn1cc2c(n1)c(=O)n(-c1cccc(O)c1)c1cc(C3CC3)ccc21. The lowest BCUT2D eigenvalue weighted by Crippen LogP contribution is -2.19. The predicted molar refractivity (Wildman–Crippen MR) is 97.5 cm³/mol. The van der Waals surface area contributed by atoms with E-state index < -0.39 is 0 Å². The molecule has 0 radical (unpaired) electrons. The maximum atomic E-state index is 13.2. The third-order valence-electron chi connectivity index (χ3n) is 4.92. The average Bonchev–Trinajstić information content (AvgIpc) is 3.36. The molecule has 5 heteroatoms. The normalized spacial score (nSPS) is 14.4. The first-order valence-electron chi connectivity index (χ1n) is 8.43. The van der Waals surface area contributed by atoms with Crippen LogP contribution in [0.1, 0.15) is 24.3 Å². The summed E-state index contributed by atoms with van der Waals surface area (Å²) in [6.45, 7) is 0. The van der Waals surface area contributed by atoms with E-state index in [1.807, 2.05) is 19.3 Å². The van der Waals surface area contributed by atoms with Crippen molar-refractivity contribution in [1.82, 2.24) is 14.3 Å². The van der Waals surface area contributed by atoms with E-state index in [0.29, 0.717) is 17.1 Å². The number of phenols is 1. The minimum Gasteiger partial charge on any atom is -0.508 e. The van der Waals surface area contributed by atoms with Crippen LogP contribution in [0.2, 0.25) is 0 Å². The van der Waals surface area contributed by atoms with Crippen LogP contribution in [0.3, 0.4) is 0 Å². The Bertz CT molecular complexity index is 1200. The number of hydrogen-bond acceptors (Lipinski definition) is 3. The van der Waals surface area contributed by atoms with E-state index in [1.54, 1.807) is 27.4 Å². The van der Waals surface area contributed by atoms with Gasteiger partial charge >= 0.3 is 0 Å². The summed E-state index contributed by atoms with van der Waals surface area (Å²) >= 11 is 0. The summed E-state index contributed by atoms with van der Waals surface area (Å²) in [7, 11) is 1.82. The molecule has 0 saturated heterocycles. The first kappa shape index (κ1) is 14.3. The lowest BCUT2D eigenvalue weighted by atomic mass is 10.0. The maximum Gasteiger partial charge on any atom is 0.283 e. The van der Waals surface area contributed by atoms with Crippen molar-refractivity contribution >= 4 is 21.8 Å². The molecular formula is C20H17N3O2. The highest BCUT2D eigenvalue weighted by Gasteiger charge is 2.25. The standard InChI is InChI=1S/C20H17N3O2/c1-22-11-17-16-8-7-13(12-5-6-12)9-18(16)23(20(25)19(17)21-22)14-3-2-4-15(24)10-14/h2-4,7-12,24H,5-6H2,1H3. The molecule has 0 bridgehead atoms. The summed E-state index contributed by atoms with van der Waals surface area (Å²) in [5, 5.41) is 16.1. The molecule has 1 fully saturated rings. The number of nitrogens with zero attached hydrogens (tertiary/aromatic N) is 3. The molecule has 1 N–H and O–H groups in total. The van der Waals surface area contributed by atoms with Gasteiger partial charge in [0.05, 0.1) is 11.2 Å². The molecule has 124 valence electrons. The smallest absolute Gasteiger partial charge is 0.283 e. The van der Waals surface area contributed by atoms with Crippen molar-refractivity contribution in [3.63, 3.8) is 0 Å². The predicted octanol–water partition coefficient (Wildman–Crippen LogP) is 3.46. The van der Waals surface area contributed by atoms with Gasteiger partial charge in [-0.15, -0.1) is 0 Å². The second kappa shape index (κ2) is 4.96. The third-order valence-corrected chi connectivity index (χ3v) is 4.92. The Morgan fingerprint density at radius 3 is 2.72 bits per heavy atom. The third kappa shape index (κ3) is 2.16. The number of hydrogen-bond donors (Lipinski definition) is 1. The molecule has 2 heterocycles. The lowest BCUT2D eigenvalue weighted by Gasteiger charge is -2.13. The Hall–Kier alpha value is -3.08. The van der Waals surface area contributed by atoms with Crippen molar-refractivity contribution in [3.05, 3.63) is 64.6 Å². The Balaban J connectivity index is 1.96. The lowest BCUT2D eigenvalue weighted by molar-refractivity contribution is 0.475. The largest absolute Gasteiger partial charge is 0.508 e. The number of phenolic OH excluding ortho intramolecular Hbond substituents is 1. The minimum absolute atomic E-state index is 0.136. The first-order chi connectivity index (χ1) is 12.1. The fourth-order valence-electron chi connectivity index (χ4n) is 3.58. The zero-order chi connectivity index (χ0) is 17.1. The van der Waals surface area contributed by atoms with Gasteiger partial charge in [-0.05, 0) is 42.5 Å². The van der Waals surface area contributed by atoms with Gasteiger partial charge in [0, 0.05) is 30.1 Å². The van der Waals surface area contributed by atoms with Gasteiger partial charge < -0.3 is 5.11 Å². The Morgan fingerprint density at radius 1 is 1.12 bits per heavy atom. The molecule has 1 aliphatic carbocycles. The zero-order valence-electron chi connectivity index (χ0n) is 13.8. The number of rotatable bonds is 2. The Labute approximate surface area is 143 Å². The zero-order valence-corrected chi connectivity index (χ0v) is 13.8. The van der Waals surface area contributed by atoms with Crippen LogP contribution in [0.25, 0.3) is 27.5 Å². The molecule has 1 aliphatic rings. The van der Waals surface area contributed by atoms with E-state index in [9.17, 15) is 9.90 Å². The molecule has 0 aliphatic heterocycles. The fraction of sp³-hybridized carbons (Fsp3) is 0.200. The molecule has 0 spiro atoms. The van der Waals surface area contributed by atoms with Gasteiger partial charge in [0.2, 0.25) is 0 Å². The second-order valence-electron chi connectivity index (χ2n) is 6.78. The molecule has 25 heavy (non-hydrogen) atoms. The van der Waals surface area contributed by atoms with E-state index in [2.05, 4.69) is 23.3 Å². The van der Waals surface area contributed by atoms with E-state index in [1.165, 1.54) is 18.4 Å². The summed E-state index contributed by atoms with van der Waals surface area (Å²) in [6.07, 6.45) is 4.30. The van der Waals surface area contributed by atoms with Crippen molar-refractivity contribution in [3.8, 4) is 11.4 Å². The molecule has 0 amide bonds. The highest BCUT2D eigenvalue weighted by molar-refractivity contribution is 6.04. The van der Waals surface area contributed by atoms with Gasteiger partial charge in [-0.1, -0.05) is 18.2 Å². The van der Waals surface area contributed by atoms with E-state index >= 15 is 0 Å². The Kier molecular flexibility index (Phi) is 2.83. The Morgan fingerprint density at radius 2 is 1.96 bits per heavy atom. The first-order valence-corrected chi connectivity index (χ1v) is 8.43. The van der Waals surface area contributed by atoms with Crippen LogP contribution in [0, 0.1) is 0 Å². The van der Waals surface area contributed by atoms with Gasteiger partial charge in [0.15, 0.2) is 5.52 Å². The van der Waals surface area contributed by atoms with Crippen LogP contribution < -0.4 is 5.56 Å². The van der Waals surface area contributed by atoms with Gasteiger partial charge in [-0.25, -0.2) is 0 Å². The van der Waals surface area contributed by atoms with Crippen LogP contribution in [0.15, 0.2) is 53.5 Å². The molecule has 5 rings (SSSR count). The highest BCUT2D eigenvalue weighted by Crippen LogP contribution is 2.41. The number of aromatic nitrogens is 3. The van der Waals surface area contributed by atoms with Crippen LogP contribution in [-0.2, 0) is 7.05 Å². The van der Waals surface area contributed by atoms with Crippen molar-refractivity contribution in [2.45, 2.75) is 18.8 Å². The van der Waals surface area contributed by atoms with Gasteiger partial charge in [0.1, 0.15) is 5.75 Å².